The first-order valence-corrected chi connectivity index (χ1v) is 8.30. The fourth-order valence-electron chi connectivity index (χ4n) is 3.00. The number of hydrogen-bond donors (Lipinski definition) is 1. The van der Waals surface area contributed by atoms with Crippen LogP contribution in [0.3, 0.4) is 0 Å². The first kappa shape index (κ1) is 15.4. The maximum Gasteiger partial charge on any atom is 0.313 e. The van der Waals surface area contributed by atoms with E-state index in [0.29, 0.717) is 11.3 Å². The summed E-state index contributed by atoms with van der Waals surface area (Å²) in [6.45, 7) is 7.63. The molecule has 0 amide bonds. The van der Waals surface area contributed by atoms with Crippen molar-refractivity contribution in [2.45, 2.75) is 64.1 Å². The van der Waals surface area contributed by atoms with E-state index in [1.165, 1.54) is 43.1 Å². The van der Waals surface area contributed by atoms with Gasteiger partial charge in [0.15, 0.2) is 5.16 Å². The van der Waals surface area contributed by atoms with Crippen molar-refractivity contribution in [2.24, 2.45) is 5.41 Å². The second-order valence-electron chi connectivity index (χ2n) is 6.41. The number of aliphatic carboxylic acids is 1. The molecule has 0 aliphatic heterocycles. The number of nitrogens with zero attached hydrogens (tertiary/aromatic N) is 2. The highest BCUT2D eigenvalue weighted by Gasteiger charge is 2.31. The van der Waals surface area contributed by atoms with E-state index < -0.39 is 5.97 Å². The number of hydrogen-bond acceptors (Lipinski definition) is 3. The third-order valence-electron chi connectivity index (χ3n) is 4.12. The van der Waals surface area contributed by atoms with E-state index in [4.69, 9.17) is 5.11 Å². The summed E-state index contributed by atoms with van der Waals surface area (Å²) in [5.41, 5.74) is 1.55. The number of imidazole rings is 1. The zero-order valence-electron chi connectivity index (χ0n) is 12.6. The number of aromatic nitrogens is 2. The maximum atomic E-state index is 10.8. The van der Waals surface area contributed by atoms with E-state index in [2.05, 4.69) is 30.3 Å². The Kier molecular flexibility index (Phi) is 4.78. The van der Waals surface area contributed by atoms with E-state index >= 15 is 0 Å². The summed E-state index contributed by atoms with van der Waals surface area (Å²) in [4.78, 5) is 15.2. The van der Waals surface area contributed by atoms with Gasteiger partial charge in [-0.05, 0) is 24.2 Å². The summed E-state index contributed by atoms with van der Waals surface area (Å²) >= 11 is 1.33. The van der Waals surface area contributed by atoms with Crippen LogP contribution in [0.2, 0.25) is 0 Å². The van der Waals surface area contributed by atoms with Gasteiger partial charge in [0.1, 0.15) is 0 Å². The van der Waals surface area contributed by atoms with Crippen molar-refractivity contribution >= 4 is 17.7 Å². The van der Waals surface area contributed by atoms with Crippen LogP contribution in [0.25, 0.3) is 0 Å². The number of carboxylic acids is 1. The molecule has 0 unspecified atom stereocenters. The minimum atomic E-state index is -0.789. The molecule has 112 valence electrons. The summed E-state index contributed by atoms with van der Waals surface area (Å²) < 4.78 is 2.25. The predicted molar refractivity (Wildman–Crippen MR) is 81.3 cm³/mol. The average molecular weight is 296 g/mol. The van der Waals surface area contributed by atoms with E-state index in [0.717, 1.165) is 11.7 Å². The molecule has 0 saturated heterocycles. The van der Waals surface area contributed by atoms with Gasteiger partial charge in [-0.15, -0.1) is 0 Å². The Labute approximate surface area is 125 Å². The molecule has 1 aliphatic rings. The molecule has 1 fully saturated rings. The fraction of sp³-hybridized carbons (Fsp3) is 0.733. The normalized spacial score (nSPS) is 17.8. The Bertz CT molecular complexity index is 476. The molecule has 1 aromatic rings. The van der Waals surface area contributed by atoms with Crippen LogP contribution in [0, 0.1) is 5.41 Å². The lowest BCUT2D eigenvalue weighted by molar-refractivity contribution is -0.133. The molecule has 1 heterocycles. The molecule has 20 heavy (non-hydrogen) atoms. The molecule has 2 rings (SSSR count). The first-order chi connectivity index (χ1) is 9.41. The van der Waals surface area contributed by atoms with Gasteiger partial charge in [-0.1, -0.05) is 45.4 Å². The van der Waals surface area contributed by atoms with Gasteiger partial charge >= 0.3 is 5.97 Å². The van der Waals surface area contributed by atoms with Gasteiger partial charge in [0.05, 0.1) is 5.75 Å². The SMILES string of the molecule is CC(C)c1cnc(SCC(=O)O)n1CC1(C)CCCC1. The lowest BCUT2D eigenvalue weighted by Crippen LogP contribution is -2.22. The summed E-state index contributed by atoms with van der Waals surface area (Å²) in [6, 6.07) is 0. The molecule has 0 aromatic carbocycles. The number of thioether (sulfide) groups is 1. The zero-order chi connectivity index (χ0) is 14.8. The summed E-state index contributed by atoms with van der Waals surface area (Å²) in [5, 5.41) is 9.71. The average Bonchev–Trinajstić information content (AvgIpc) is 2.94. The Hall–Kier alpha value is -0.970. The van der Waals surface area contributed by atoms with Crippen LogP contribution < -0.4 is 0 Å². The molecule has 1 aromatic heterocycles. The summed E-state index contributed by atoms with van der Waals surface area (Å²) in [7, 11) is 0. The quantitative estimate of drug-likeness (QED) is 0.812. The Morgan fingerprint density at radius 1 is 1.50 bits per heavy atom. The predicted octanol–water partition coefficient (Wildman–Crippen LogP) is 3.76. The van der Waals surface area contributed by atoms with Crippen LogP contribution in [0.4, 0.5) is 0 Å². The van der Waals surface area contributed by atoms with Crippen LogP contribution >= 0.6 is 11.8 Å². The number of carboxylic acid groups (broad SMARTS) is 1. The van der Waals surface area contributed by atoms with E-state index in [9.17, 15) is 4.79 Å². The van der Waals surface area contributed by atoms with Crippen molar-refractivity contribution in [3.05, 3.63) is 11.9 Å². The highest BCUT2D eigenvalue weighted by molar-refractivity contribution is 7.99. The highest BCUT2D eigenvalue weighted by atomic mass is 32.2. The summed E-state index contributed by atoms with van der Waals surface area (Å²) in [6.07, 6.45) is 7.03. The topological polar surface area (TPSA) is 55.1 Å². The lowest BCUT2D eigenvalue weighted by atomic mass is 9.88. The van der Waals surface area contributed by atoms with Gasteiger partial charge in [-0.25, -0.2) is 4.98 Å². The van der Waals surface area contributed by atoms with Crippen LogP contribution in [0.1, 0.15) is 58.1 Å². The van der Waals surface area contributed by atoms with Gasteiger partial charge in [-0.3, -0.25) is 4.79 Å². The molecule has 4 nitrogen and oxygen atoms in total. The van der Waals surface area contributed by atoms with Gasteiger partial charge in [-0.2, -0.15) is 0 Å². The Morgan fingerprint density at radius 2 is 2.15 bits per heavy atom. The fourth-order valence-corrected chi connectivity index (χ4v) is 3.71. The molecule has 1 N–H and O–H groups in total. The van der Waals surface area contributed by atoms with E-state index in [1.807, 2.05) is 6.20 Å². The van der Waals surface area contributed by atoms with Gasteiger partial charge < -0.3 is 9.67 Å². The Balaban J connectivity index is 2.22. The monoisotopic (exact) mass is 296 g/mol. The Morgan fingerprint density at radius 3 is 2.70 bits per heavy atom. The second-order valence-corrected chi connectivity index (χ2v) is 7.35. The molecule has 1 aliphatic carbocycles. The van der Waals surface area contributed by atoms with Crippen molar-refractivity contribution in [3.8, 4) is 0 Å². The number of rotatable bonds is 6. The van der Waals surface area contributed by atoms with Crippen molar-refractivity contribution in [2.75, 3.05) is 5.75 Å². The second kappa shape index (κ2) is 6.20. The van der Waals surface area contributed by atoms with Gasteiger partial charge in [0.2, 0.25) is 0 Å². The molecule has 5 heteroatoms. The summed E-state index contributed by atoms with van der Waals surface area (Å²) in [5.74, 6) is -0.306. The van der Waals surface area contributed by atoms with E-state index in [-0.39, 0.29) is 5.75 Å². The molecule has 1 saturated carbocycles. The minimum Gasteiger partial charge on any atom is -0.481 e. The highest BCUT2D eigenvalue weighted by Crippen LogP contribution is 2.40. The van der Waals surface area contributed by atoms with Crippen LogP contribution in [0.15, 0.2) is 11.4 Å². The molecule has 0 atom stereocenters. The molecule has 0 radical (unpaired) electrons. The lowest BCUT2D eigenvalue weighted by Gasteiger charge is -2.27. The molecular formula is C15H24N2O2S. The standard InChI is InChI=1S/C15H24N2O2S/c1-11(2)12-8-16-14(20-9-13(18)19)17(12)10-15(3)6-4-5-7-15/h8,11H,4-7,9-10H2,1-3H3,(H,18,19). The van der Waals surface area contributed by atoms with Crippen LogP contribution in [-0.4, -0.2) is 26.4 Å². The van der Waals surface area contributed by atoms with Gasteiger partial charge in [0.25, 0.3) is 0 Å². The van der Waals surface area contributed by atoms with E-state index in [1.54, 1.807) is 0 Å². The first-order valence-electron chi connectivity index (χ1n) is 7.31. The van der Waals surface area contributed by atoms with Gasteiger partial charge in [0, 0.05) is 18.4 Å². The molecular weight excluding hydrogens is 272 g/mol. The van der Waals surface area contributed by atoms with Crippen molar-refractivity contribution in [1.29, 1.82) is 0 Å². The van der Waals surface area contributed by atoms with Crippen LogP contribution in [-0.2, 0) is 11.3 Å². The largest absolute Gasteiger partial charge is 0.481 e. The molecule has 0 spiro atoms. The zero-order valence-corrected chi connectivity index (χ0v) is 13.4. The van der Waals surface area contributed by atoms with Crippen molar-refractivity contribution in [1.82, 2.24) is 9.55 Å². The van der Waals surface area contributed by atoms with Crippen molar-refractivity contribution < 1.29 is 9.90 Å². The smallest absolute Gasteiger partial charge is 0.313 e. The number of carbonyl (C=O) groups is 1. The molecule has 0 bridgehead atoms. The minimum absolute atomic E-state index is 0.0747. The van der Waals surface area contributed by atoms with Crippen molar-refractivity contribution in [3.63, 3.8) is 0 Å². The van der Waals surface area contributed by atoms with Crippen LogP contribution in [0.5, 0.6) is 0 Å². The third-order valence-corrected chi connectivity index (χ3v) is 5.09. The third kappa shape index (κ3) is 3.57. The maximum absolute atomic E-state index is 10.8.